The van der Waals surface area contributed by atoms with Crippen LogP contribution in [-0.4, -0.2) is 12.9 Å². The lowest BCUT2D eigenvalue weighted by atomic mass is 9.93. The van der Waals surface area contributed by atoms with E-state index in [9.17, 15) is 4.79 Å². The average Bonchev–Trinajstić information content (AvgIpc) is 2.89. The van der Waals surface area contributed by atoms with E-state index in [1.807, 2.05) is 12.1 Å². The van der Waals surface area contributed by atoms with Crippen LogP contribution in [0, 0.1) is 0 Å². The summed E-state index contributed by atoms with van der Waals surface area (Å²) in [7, 11) is 0. The minimum Gasteiger partial charge on any atom is -0.463 e. The van der Waals surface area contributed by atoms with E-state index in [1.54, 1.807) is 6.07 Å². The highest BCUT2D eigenvalue weighted by atomic mass is 16.7. The van der Waals surface area contributed by atoms with Crippen molar-refractivity contribution in [2.45, 2.75) is 12.2 Å². The zero-order chi connectivity index (χ0) is 12.3. The molecular formula is C14H10O4. The van der Waals surface area contributed by atoms with Crippen LogP contribution in [0.15, 0.2) is 45.6 Å². The molecule has 0 N–H and O–H groups in total. The first-order valence-electron chi connectivity index (χ1n) is 5.77. The van der Waals surface area contributed by atoms with Crippen molar-refractivity contribution in [1.82, 2.24) is 0 Å². The molecule has 2 aromatic rings. The van der Waals surface area contributed by atoms with E-state index in [-0.39, 0.29) is 17.8 Å². The van der Waals surface area contributed by atoms with Gasteiger partial charge < -0.3 is 13.9 Å². The third-order valence-electron chi connectivity index (χ3n) is 3.49. The molecule has 3 heterocycles. The predicted molar refractivity (Wildman–Crippen MR) is 64.7 cm³/mol. The minimum absolute atomic E-state index is 0.0331. The molecule has 1 aromatic carbocycles. The van der Waals surface area contributed by atoms with Gasteiger partial charge >= 0.3 is 5.63 Å². The van der Waals surface area contributed by atoms with Gasteiger partial charge in [-0.15, -0.1) is 0 Å². The largest absolute Gasteiger partial charge is 0.463 e. The van der Waals surface area contributed by atoms with Gasteiger partial charge in [0.15, 0.2) is 0 Å². The predicted octanol–water partition coefficient (Wildman–Crippen LogP) is 2.18. The quantitative estimate of drug-likeness (QED) is 0.525. The zero-order valence-electron chi connectivity index (χ0n) is 9.51. The topological polar surface area (TPSA) is 48.7 Å². The Balaban J connectivity index is 2.08. The number of benzene rings is 1. The van der Waals surface area contributed by atoms with E-state index in [2.05, 4.69) is 6.58 Å². The summed E-state index contributed by atoms with van der Waals surface area (Å²) < 4.78 is 16.5. The molecule has 1 fully saturated rings. The van der Waals surface area contributed by atoms with Crippen molar-refractivity contribution in [3.8, 4) is 5.75 Å². The standard InChI is InChI=1S/C14H10O4/c1-7-6-16-14-11(7)12-9(17-14)4-2-8-3-5-10(15)18-13(8)12/h2-5,11,14H,1,6H2/t11-,14+/m1/s1. The minimum atomic E-state index is -0.358. The van der Waals surface area contributed by atoms with Gasteiger partial charge in [-0.25, -0.2) is 4.79 Å². The number of hydrogen-bond donors (Lipinski definition) is 0. The first-order chi connectivity index (χ1) is 8.74. The third-order valence-corrected chi connectivity index (χ3v) is 3.49. The second kappa shape index (κ2) is 3.23. The molecule has 18 heavy (non-hydrogen) atoms. The van der Waals surface area contributed by atoms with Gasteiger partial charge in [-0.3, -0.25) is 0 Å². The van der Waals surface area contributed by atoms with Gasteiger partial charge in [0.2, 0.25) is 6.29 Å². The molecular weight excluding hydrogens is 232 g/mol. The molecule has 0 saturated carbocycles. The van der Waals surface area contributed by atoms with Crippen LogP contribution in [0.1, 0.15) is 11.5 Å². The van der Waals surface area contributed by atoms with Gasteiger partial charge in [-0.1, -0.05) is 6.58 Å². The molecule has 1 saturated heterocycles. The Labute approximate surface area is 102 Å². The Morgan fingerprint density at radius 2 is 2.06 bits per heavy atom. The molecule has 0 bridgehead atoms. The normalized spacial score (nSPS) is 25.0. The van der Waals surface area contributed by atoms with Crippen molar-refractivity contribution >= 4 is 11.0 Å². The van der Waals surface area contributed by atoms with Gasteiger partial charge in [0.25, 0.3) is 0 Å². The Hall–Kier alpha value is -2.07. The fourth-order valence-electron chi connectivity index (χ4n) is 2.67. The van der Waals surface area contributed by atoms with E-state index in [1.165, 1.54) is 6.07 Å². The van der Waals surface area contributed by atoms with Crippen LogP contribution in [-0.2, 0) is 4.74 Å². The first kappa shape index (κ1) is 9.91. The molecule has 1 aromatic heterocycles. The average molecular weight is 242 g/mol. The van der Waals surface area contributed by atoms with Crippen molar-refractivity contribution < 1.29 is 13.9 Å². The summed E-state index contributed by atoms with van der Waals surface area (Å²) >= 11 is 0. The monoisotopic (exact) mass is 242 g/mol. The van der Waals surface area contributed by atoms with E-state index >= 15 is 0 Å². The molecule has 4 heteroatoms. The van der Waals surface area contributed by atoms with Crippen molar-refractivity contribution in [3.63, 3.8) is 0 Å². The molecule has 2 aliphatic rings. The Bertz CT molecular complexity index is 728. The number of fused-ring (bicyclic) bond motifs is 5. The van der Waals surface area contributed by atoms with Gasteiger partial charge in [-0.05, 0) is 23.8 Å². The fraction of sp³-hybridized carbons (Fsp3) is 0.214. The van der Waals surface area contributed by atoms with Crippen molar-refractivity contribution in [2.75, 3.05) is 6.61 Å². The lowest BCUT2D eigenvalue weighted by Gasteiger charge is -2.07. The highest BCUT2D eigenvalue weighted by Gasteiger charge is 2.43. The maximum Gasteiger partial charge on any atom is 0.336 e. The van der Waals surface area contributed by atoms with E-state index in [4.69, 9.17) is 13.9 Å². The number of hydrogen-bond acceptors (Lipinski definition) is 4. The van der Waals surface area contributed by atoms with E-state index in [0.717, 1.165) is 16.5 Å². The molecule has 0 unspecified atom stereocenters. The molecule has 2 aliphatic heterocycles. The summed E-state index contributed by atoms with van der Waals surface area (Å²) in [4.78, 5) is 11.4. The zero-order valence-corrected chi connectivity index (χ0v) is 9.51. The summed E-state index contributed by atoms with van der Waals surface area (Å²) in [5.41, 5.74) is 2.07. The van der Waals surface area contributed by atoms with Crippen molar-refractivity contribution in [2.24, 2.45) is 0 Å². The summed E-state index contributed by atoms with van der Waals surface area (Å²) in [6.07, 6.45) is -0.330. The van der Waals surface area contributed by atoms with Crippen LogP contribution >= 0.6 is 0 Å². The second-order valence-electron chi connectivity index (χ2n) is 4.58. The fourth-order valence-corrected chi connectivity index (χ4v) is 2.67. The molecule has 0 amide bonds. The highest BCUT2D eigenvalue weighted by Crippen LogP contribution is 2.48. The summed E-state index contributed by atoms with van der Waals surface area (Å²) in [5, 5.41) is 0.886. The second-order valence-corrected chi connectivity index (χ2v) is 4.58. The third kappa shape index (κ3) is 1.15. The van der Waals surface area contributed by atoms with E-state index in [0.29, 0.717) is 17.9 Å². The molecule has 2 atom stereocenters. The van der Waals surface area contributed by atoms with Crippen LogP contribution in [0.4, 0.5) is 0 Å². The number of rotatable bonds is 0. The van der Waals surface area contributed by atoms with Crippen molar-refractivity contribution in [1.29, 1.82) is 0 Å². The summed E-state index contributed by atoms with van der Waals surface area (Å²) in [6.45, 7) is 4.49. The first-order valence-corrected chi connectivity index (χ1v) is 5.77. The van der Waals surface area contributed by atoms with E-state index < -0.39 is 0 Å². The summed E-state index contributed by atoms with van der Waals surface area (Å²) in [5.74, 6) is 0.682. The van der Waals surface area contributed by atoms with Crippen LogP contribution in [0.3, 0.4) is 0 Å². The molecule has 4 rings (SSSR count). The smallest absolute Gasteiger partial charge is 0.336 e. The molecule has 0 spiro atoms. The van der Waals surface area contributed by atoms with Crippen molar-refractivity contribution in [3.05, 3.63) is 52.4 Å². The van der Waals surface area contributed by atoms with Crippen LogP contribution < -0.4 is 10.4 Å². The van der Waals surface area contributed by atoms with Crippen LogP contribution in [0.2, 0.25) is 0 Å². The molecule has 0 radical (unpaired) electrons. The lowest BCUT2D eigenvalue weighted by Crippen LogP contribution is -2.14. The Morgan fingerprint density at radius 1 is 1.22 bits per heavy atom. The highest BCUT2D eigenvalue weighted by molar-refractivity contribution is 5.84. The molecule has 90 valence electrons. The Morgan fingerprint density at radius 3 is 2.94 bits per heavy atom. The van der Waals surface area contributed by atoms with Gasteiger partial charge in [-0.2, -0.15) is 0 Å². The van der Waals surface area contributed by atoms with Crippen LogP contribution in [0.25, 0.3) is 11.0 Å². The summed E-state index contributed by atoms with van der Waals surface area (Å²) in [6, 6.07) is 6.93. The van der Waals surface area contributed by atoms with Gasteiger partial charge in [0, 0.05) is 11.5 Å². The van der Waals surface area contributed by atoms with Crippen LogP contribution in [0.5, 0.6) is 5.75 Å². The molecule has 0 aliphatic carbocycles. The number of ether oxygens (including phenoxy) is 2. The maximum atomic E-state index is 11.4. The molecule has 4 nitrogen and oxygen atoms in total. The Kier molecular flexibility index (Phi) is 1.78. The SMILES string of the molecule is C=C1CO[C@H]2Oc3ccc4ccc(=O)oc4c3[C@@H]12. The van der Waals surface area contributed by atoms with Gasteiger partial charge in [0.05, 0.1) is 18.1 Å². The van der Waals surface area contributed by atoms with Gasteiger partial charge in [0.1, 0.15) is 11.3 Å². The maximum absolute atomic E-state index is 11.4. The lowest BCUT2D eigenvalue weighted by molar-refractivity contribution is -0.0334.